The molecule has 3 rings (SSSR count). The topological polar surface area (TPSA) is 139 Å². The molecule has 35 heavy (non-hydrogen) atoms. The SMILES string of the molecule is COc1cc(C=CC(=O)C(C)(N)c2ccc(C(=O)Nc3ccnc(N)c3)cc2)cc(OC)c1OC. The maximum absolute atomic E-state index is 13.0. The molecule has 0 spiro atoms. The van der Waals surface area contributed by atoms with Gasteiger partial charge in [0.15, 0.2) is 17.3 Å². The summed E-state index contributed by atoms with van der Waals surface area (Å²) in [4.78, 5) is 29.4. The van der Waals surface area contributed by atoms with Crippen LogP contribution < -0.4 is 31.0 Å². The van der Waals surface area contributed by atoms with Crippen LogP contribution in [-0.2, 0) is 10.3 Å². The van der Waals surface area contributed by atoms with Gasteiger partial charge in [0, 0.05) is 23.5 Å². The number of nitrogens with zero attached hydrogens (tertiary/aromatic N) is 1. The molecule has 5 N–H and O–H groups in total. The van der Waals surface area contributed by atoms with Gasteiger partial charge in [-0.2, -0.15) is 0 Å². The zero-order valence-electron chi connectivity index (χ0n) is 20.0. The molecule has 1 amide bonds. The van der Waals surface area contributed by atoms with Gasteiger partial charge >= 0.3 is 0 Å². The van der Waals surface area contributed by atoms with Crippen LogP contribution in [0.2, 0.25) is 0 Å². The predicted octanol–water partition coefficient (Wildman–Crippen LogP) is 3.40. The summed E-state index contributed by atoms with van der Waals surface area (Å²) in [6.45, 7) is 1.61. The van der Waals surface area contributed by atoms with Gasteiger partial charge in [0.05, 0.1) is 21.3 Å². The lowest BCUT2D eigenvalue weighted by atomic mass is 9.87. The van der Waals surface area contributed by atoms with Crippen molar-refractivity contribution in [3.63, 3.8) is 0 Å². The van der Waals surface area contributed by atoms with E-state index in [1.807, 2.05) is 0 Å². The van der Waals surface area contributed by atoms with Crippen LogP contribution in [-0.4, -0.2) is 38.0 Å². The van der Waals surface area contributed by atoms with E-state index >= 15 is 0 Å². The van der Waals surface area contributed by atoms with E-state index in [0.717, 1.165) is 0 Å². The van der Waals surface area contributed by atoms with Crippen LogP contribution >= 0.6 is 0 Å². The highest BCUT2D eigenvalue weighted by Crippen LogP contribution is 2.38. The first-order valence-electron chi connectivity index (χ1n) is 10.6. The number of methoxy groups -OCH3 is 3. The summed E-state index contributed by atoms with van der Waals surface area (Å²) in [5, 5.41) is 2.75. The molecule has 1 aromatic heterocycles. The lowest BCUT2D eigenvalue weighted by Crippen LogP contribution is -2.40. The zero-order valence-corrected chi connectivity index (χ0v) is 20.0. The first kappa shape index (κ1) is 25.3. The van der Waals surface area contributed by atoms with Crippen molar-refractivity contribution in [3.05, 3.63) is 77.5 Å². The Kier molecular flexibility index (Phi) is 7.73. The van der Waals surface area contributed by atoms with Gasteiger partial charge in [0.2, 0.25) is 5.75 Å². The Morgan fingerprint density at radius 1 is 0.971 bits per heavy atom. The standard InChI is InChI=1S/C26H28N4O5/c1-26(28,22(31)10-5-16-13-20(33-2)24(35-4)21(14-16)34-3)18-8-6-17(7-9-18)25(32)30-19-11-12-29-23(27)15-19/h5-15H,28H2,1-4H3,(H3,27,29,30,32). The van der Waals surface area contributed by atoms with Gasteiger partial charge < -0.3 is 31.0 Å². The molecule has 0 aliphatic rings. The van der Waals surface area contributed by atoms with Gasteiger partial charge in [-0.15, -0.1) is 0 Å². The van der Waals surface area contributed by atoms with Gasteiger partial charge in [-0.05, 0) is 54.5 Å². The minimum Gasteiger partial charge on any atom is -0.493 e. The fraction of sp³-hybridized carbons (Fsp3) is 0.192. The number of aromatic nitrogens is 1. The number of hydrogen-bond acceptors (Lipinski definition) is 8. The Balaban J connectivity index is 1.76. The van der Waals surface area contributed by atoms with E-state index < -0.39 is 5.54 Å². The molecule has 0 saturated heterocycles. The summed E-state index contributed by atoms with van der Waals surface area (Å²) in [5.41, 5.74) is 12.9. The molecular weight excluding hydrogens is 448 g/mol. The van der Waals surface area contributed by atoms with E-state index in [0.29, 0.717) is 45.4 Å². The number of nitrogens with one attached hydrogen (secondary N) is 1. The van der Waals surface area contributed by atoms with Gasteiger partial charge in [0.1, 0.15) is 11.4 Å². The molecule has 1 atom stereocenters. The molecule has 9 heteroatoms. The van der Waals surface area contributed by atoms with Crippen LogP contribution in [0.1, 0.15) is 28.4 Å². The maximum atomic E-state index is 13.0. The molecule has 0 radical (unpaired) electrons. The fourth-order valence-electron chi connectivity index (χ4n) is 3.38. The Morgan fingerprint density at radius 2 is 1.60 bits per heavy atom. The second kappa shape index (κ2) is 10.7. The fourth-order valence-corrected chi connectivity index (χ4v) is 3.38. The van der Waals surface area contributed by atoms with Crippen molar-refractivity contribution in [3.8, 4) is 17.2 Å². The highest BCUT2D eigenvalue weighted by Gasteiger charge is 2.28. The number of carbonyl (C=O) groups excluding carboxylic acids is 2. The van der Waals surface area contributed by atoms with Gasteiger partial charge in [-0.3, -0.25) is 9.59 Å². The number of amides is 1. The van der Waals surface area contributed by atoms with Crippen LogP contribution in [0.5, 0.6) is 17.2 Å². The Labute approximate surface area is 203 Å². The van der Waals surface area contributed by atoms with E-state index in [1.165, 1.54) is 33.6 Å². The van der Waals surface area contributed by atoms with Crippen molar-refractivity contribution >= 4 is 29.3 Å². The molecule has 0 saturated carbocycles. The second-order valence-corrected chi connectivity index (χ2v) is 7.86. The van der Waals surface area contributed by atoms with E-state index in [-0.39, 0.29) is 11.7 Å². The molecule has 1 unspecified atom stereocenters. The third-order valence-corrected chi connectivity index (χ3v) is 5.41. The number of nitrogen functional groups attached to an aromatic ring is 1. The van der Waals surface area contributed by atoms with Gasteiger partial charge in [-0.1, -0.05) is 18.2 Å². The number of ketones is 1. The largest absolute Gasteiger partial charge is 0.493 e. The van der Waals surface area contributed by atoms with Crippen LogP contribution in [0.4, 0.5) is 11.5 Å². The number of anilines is 2. The van der Waals surface area contributed by atoms with Crippen LogP contribution in [0, 0.1) is 0 Å². The van der Waals surface area contributed by atoms with Crippen LogP contribution in [0.25, 0.3) is 6.08 Å². The summed E-state index contributed by atoms with van der Waals surface area (Å²) in [5.74, 6) is 1.05. The van der Waals surface area contributed by atoms with Crippen LogP contribution in [0.3, 0.4) is 0 Å². The van der Waals surface area contributed by atoms with Crippen molar-refractivity contribution in [2.75, 3.05) is 32.4 Å². The van der Waals surface area contributed by atoms with E-state index in [9.17, 15) is 9.59 Å². The number of carbonyl (C=O) groups is 2. The average Bonchev–Trinajstić information content (AvgIpc) is 2.86. The summed E-state index contributed by atoms with van der Waals surface area (Å²) < 4.78 is 16.0. The van der Waals surface area contributed by atoms with E-state index in [2.05, 4.69) is 10.3 Å². The minimum atomic E-state index is -1.31. The number of hydrogen-bond donors (Lipinski definition) is 3. The summed E-state index contributed by atoms with van der Waals surface area (Å²) in [6.07, 6.45) is 4.53. The van der Waals surface area contributed by atoms with Crippen molar-refractivity contribution < 1.29 is 23.8 Å². The molecular formula is C26H28N4O5. The number of nitrogens with two attached hydrogens (primary N) is 2. The summed E-state index contributed by atoms with van der Waals surface area (Å²) in [6, 6.07) is 13.2. The third-order valence-electron chi connectivity index (χ3n) is 5.41. The molecule has 0 fully saturated rings. The molecule has 9 nitrogen and oxygen atoms in total. The Hall–Kier alpha value is -4.37. The molecule has 0 aliphatic carbocycles. The number of pyridine rings is 1. The highest BCUT2D eigenvalue weighted by atomic mass is 16.5. The van der Waals surface area contributed by atoms with Crippen molar-refractivity contribution in [2.45, 2.75) is 12.5 Å². The highest BCUT2D eigenvalue weighted by molar-refractivity contribution is 6.05. The first-order valence-corrected chi connectivity index (χ1v) is 10.6. The number of benzene rings is 2. The lowest BCUT2D eigenvalue weighted by Gasteiger charge is -2.22. The lowest BCUT2D eigenvalue weighted by molar-refractivity contribution is -0.119. The summed E-state index contributed by atoms with van der Waals surface area (Å²) >= 11 is 0. The maximum Gasteiger partial charge on any atom is 0.255 e. The van der Waals surface area contributed by atoms with Gasteiger partial charge in [0.25, 0.3) is 5.91 Å². The number of ether oxygens (including phenoxy) is 3. The van der Waals surface area contributed by atoms with Crippen LogP contribution in [0.15, 0.2) is 60.8 Å². The molecule has 0 bridgehead atoms. The van der Waals surface area contributed by atoms with Gasteiger partial charge in [-0.25, -0.2) is 4.98 Å². The molecule has 3 aromatic rings. The van der Waals surface area contributed by atoms with E-state index in [4.69, 9.17) is 25.7 Å². The van der Waals surface area contributed by atoms with Crippen molar-refractivity contribution in [1.29, 1.82) is 0 Å². The molecule has 1 heterocycles. The third kappa shape index (κ3) is 5.77. The molecule has 0 aliphatic heterocycles. The Bertz CT molecular complexity index is 1230. The first-order chi connectivity index (χ1) is 16.7. The van der Waals surface area contributed by atoms with E-state index in [1.54, 1.807) is 61.5 Å². The zero-order chi connectivity index (χ0) is 25.6. The average molecular weight is 477 g/mol. The second-order valence-electron chi connectivity index (χ2n) is 7.86. The normalized spacial score (nSPS) is 12.6. The number of rotatable bonds is 9. The molecule has 182 valence electrons. The quantitative estimate of drug-likeness (QED) is 0.399. The monoisotopic (exact) mass is 476 g/mol. The predicted molar refractivity (Wildman–Crippen MR) is 135 cm³/mol. The minimum absolute atomic E-state index is 0.301. The molecule has 2 aromatic carbocycles. The smallest absolute Gasteiger partial charge is 0.255 e. The van der Waals surface area contributed by atoms with Crippen molar-refractivity contribution in [2.24, 2.45) is 5.73 Å². The Morgan fingerprint density at radius 3 is 2.14 bits per heavy atom. The van der Waals surface area contributed by atoms with Crippen molar-refractivity contribution in [1.82, 2.24) is 4.98 Å². The summed E-state index contributed by atoms with van der Waals surface area (Å²) in [7, 11) is 4.55.